The summed E-state index contributed by atoms with van der Waals surface area (Å²) >= 11 is 0. The van der Waals surface area contributed by atoms with Crippen molar-refractivity contribution in [3.05, 3.63) is 106 Å². The van der Waals surface area contributed by atoms with Gasteiger partial charge in [0, 0.05) is 55.9 Å². The van der Waals surface area contributed by atoms with Crippen LogP contribution in [0, 0.1) is 28.9 Å². The zero-order valence-corrected chi connectivity index (χ0v) is 19.7. The minimum atomic E-state index is -0.629. The molecule has 1 aliphatic heterocycles. The summed E-state index contributed by atoms with van der Waals surface area (Å²) in [4.78, 5) is 19.0. The number of nitrogens with zero attached hydrogens (tertiary/aromatic N) is 4. The average molecular weight is 502 g/mol. The van der Waals surface area contributed by atoms with Crippen LogP contribution in [0.1, 0.15) is 27.9 Å². The van der Waals surface area contributed by atoms with Gasteiger partial charge in [0.25, 0.3) is 0 Å². The Morgan fingerprint density at radius 3 is 2.68 bits per heavy atom. The number of aromatic nitrogens is 2. The van der Waals surface area contributed by atoms with E-state index in [0.717, 1.165) is 22.7 Å². The van der Waals surface area contributed by atoms with E-state index in [4.69, 9.17) is 0 Å². The molecule has 0 unspecified atom stereocenters. The molecule has 5 rings (SSSR count). The van der Waals surface area contributed by atoms with E-state index in [9.17, 15) is 23.2 Å². The number of carbonyl (C=O) groups excluding carboxylic acids is 1. The monoisotopic (exact) mass is 501 g/mol. The van der Waals surface area contributed by atoms with Gasteiger partial charge in [-0.05, 0) is 59.2 Å². The third-order valence-electron chi connectivity index (χ3n) is 6.35. The lowest BCUT2D eigenvalue weighted by Gasteiger charge is -2.27. The molecule has 9 heteroatoms. The molecule has 0 saturated heterocycles. The molecule has 0 radical (unpaired) electrons. The summed E-state index contributed by atoms with van der Waals surface area (Å²) in [6.07, 6.45) is 5.46. The second-order valence-corrected chi connectivity index (χ2v) is 8.84. The molecule has 3 heterocycles. The normalized spacial score (nSPS) is 13.6. The van der Waals surface area contributed by atoms with Crippen molar-refractivity contribution in [2.24, 2.45) is 0 Å². The van der Waals surface area contributed by atoms with Crippen molar-refractivity contribution in [2.75, 3.05) is 13.1 Å². The summed E-state index contributed by atoms with van der Waals surface area (Å²) < 4.78 is 42.0. The van der Waals surface area contributed by atoms with Gasteiger partial charge in [-0.2, -0.15) is 9.65 Å². The van der Waals surface area contributed by atoms with Crippen molar-refractivity contribution in [1.82, 2.24) is 19.8 Å². The lowest BCUT2D eigenvalue weighted by atomic mass is 10.0. The summed E-state index contributed by atoms with van der Waals surface area (Å²) in [6.45, 7) is 1.89. The number of nitriles is 1. The Bertz CT molecular complexity index is 1550. The van der Waals surface area contributed by atoms with E-state index >= 15 is 0 Å². The first-order valence-corrected chi connectivity index (χ1v) is 11.7. The van der Waals surface area contributed by atoms with Gasteiger partial charge in [0.05, 0.1) is 17.1 Å². The smallest absolute Gasteiger partial charge is 0.326 e. The molecule has 0 atom stereocenters. The van der Waals surface area contributed by atoms with E-state index in [1.807, 2.05) is 6.08 Å². The van der Waals surface area contributed by atoms with E-state index in [0.29, 0.717) is 48.3 Å². The zero-order valence-electron chi connectivity index (χ0n) is 19.7. The molecule has 37 heavy (non-hydrogen) atoms. The topological polar surface area (TPSA) is 74.0 Å². The number of carbonyl (C=O) groups is 1. The minimum Gasteiger partial charge on any atom is -0.333 e. The molecule has 0 bridgehead atoms. The SMILES string of the molecule is N#Cc1ccc2c(c1)c1c(n2C(=O)NCc2ccnc(F)c2)CCN(C/C=C/c2cc(F)cc(F)c2)C1. The predicted octanol–water partition coefficient (Wildman–Crippen LogP) is 5.15. The van der Waals surface area contributed by atoms with Gasteiger partial charge in [0.1, 0.15) is 11.6 Å². The van der Waals surface area contributed by atoms with Gasteiger partial charge in [0.2, 0.25) is 5.95 Å². The molecule has 0 aliphatic carbocycles. The maximum absolute atomic E-state index is 13.5. The number of benzene rings is 2. The Labute approximate surface area is 211 Å². The molecule has 4 aromatic rings. The van der Waals surface area contributed by atoms with Crippen LogP contribution >= 0.6 is 0 Å². The number of hydrogen-bond acceptors (Lipinski definition) is 4. The maximum atomic E-state index is 13.5. The lowest BCUT2D eigenvalue weighted by Crippen LogP contribution is -2.34. The average Bonchev–Trinajstić information content (AvgIpc) is 3.20. The highest BCUT2D eigenvalue weighted by molar-refractivity contribution is 5.96. The van der Waals surface area contributed by atoms with Crippen molar-refractivity contribution in [1.29, 1.82) is 5.26 Å². The van der Waals surface area contributed by atoms with Crippen molar-refractivity contribution in [3.63, 3.8) is 0 Å². The minimum absolute atomic E-state index is 0.139. The molecule has 1 aliphatic rings. The molecule has 0 spiro atoms. The van der Waals surface area contributed by atoms with Crippen molar-refractivity contribution < 1.29 is 18.0 Å². The van der Waals surface area contributed by atoms with Crippen LogP contribution in [0.4, 0.5) is 18.0 Å². The molecule has 2 aromatic heterocycles. The summed E-state index contributed by atoms with van der Waals surface area (Å²) in [5.41, 5.74) is 4.02. The highest BCUT2D eigenvalue weighted by atomic mass is 19.1. The number of pyridine rings is 1. The predicted molar refractivity (Wildman–Crippen MR) is 133 cm³/mol. The standard InChI is InChI=1S/C28H22F3N5O/c29-21-10-18(11-22(30)14-21)2-1-8-35-9-6-26-24(17-35)23-12-19(15-32)3-4-25(23)36(26)28(37)34-16-20-5-7-33-27(31)13-20/h1-5,7,10-14H,6,8-9,16-17H2,(H,34,37)/b2-1+. The second kappa shape index (κ2) is 10.3. The molecule has 0 fully saturated rings. The first-order valence-electron chi connectivity index (χ1n) is 11.7. The first kappa shape index (κ1) is 24.3. The van der Waals surface area contributed by atoms with Crippen LogP contribution in [-0.4, -0.2) is 33.6 Å². The van der Waals surface area contributed by atoms with Crippen LogP contribution in [0.2, 0.25) is 0 Å². The van der Waals surface area contributed by atoms with E-state index in [1.165, 1.54) is 24.4 Å². The third kappa shape index (κ3) is 5.25. The van der Waals surface area contributed by atoms with Crippen LogP contribution in [-0.2, 0) is 19.5 Å². The van der Waals surface area contributed by atoms with Crippen LogP contribution in [0.3, 0.4) is 0 Å². The maximum Gasteiger partial charge on any atom is 0.326 e. The quantitative estimate of drug-likeness (QED) is 0.384. The molecule has 2 aromatic carbocycles. The third-order valence-corrected chi connectivity index (χ3v) is 6.35. The van der Waals surface area contributed by atoms with Crippen molar-refractivity contribution >= 4 is 23.0 Å². The molecular weight excluding hydrogens is 479 g/mol. The number of halogens is 3. The van der Waals surface area contributed by atoms with E-state index < -0.39 is 17.6 Å². The summed E-state index contributed by atoms with van der Waals surface area (Å²) in [5, 5.41) is 13.1. The number of amides is 1. The molecule has 0 saturated carbocycles. The lowest BCUT2D eigenvalue weighted by molar-refractivity contribution is 0.240. The van der Waals surface area contributed by atoms with Gasteiger partial charge in [-0.3, -0.25) is 9.47 Å². The summed E-state index contributed by atoms with van der Waals surface area (Å²) in [5.74, 6) is -1.87. The Balaban J connectivity index is 1.39. The fourth-order valence-electron chi connectivity index (χ4n) is 4.69. The number of fused-ring (bicyclic) bond motifs is 3. The van der Waals surface area contributed by atoms with Crippen LogP contribution < -0.4 is 5.32 Å². The fraction of sp³-hybridized carbons (Fsp3) is 0.179. The molecule has 186 valence electrons. The van der Waals surface area contributed by atoms with Gasteiger partial charge < -0.3 is 5.32 Å². The van der Waals surface area contributed by atoms with Crippen LogP contribution in [0.25, 0.3) is 17.0 Å². The summed E-state index contributed by atoms with van der Waals surface area (Å²) in [7, 11) is 0. The molecule has 1 N–H and O–H groups in total. The van der Waals surface area contributed by atoms with Gasteiger partial charge in [0.15, 0.2) is 0 Å². The molecule has 6 nitrogen and oxygen atoms in total. The van der Waals surface area contributed by atoms with E-state index in [-0.39, 0.29) is 12.6 Å². The van der Waals surface area contributed by atoms with Crippen LogP contribution in [0.15, 0.2) is 60.8 Å². The Morgan fingerprint density at radius 2 is 1.92 bits per heavy atom. The Hall–Kier alpha value is -4.42. The van der Waals surface area contributed by atoms with Gasteiger partial charge in [-0.15, -0.1) is 0 Å². The molecular formula is C28H22F3N5O. The highest BCUT2D eigenvalue weighted by Crippen LogP contribution is 2.31. The van der Waals surface area contributed by atoms with E-state index in [2.05, 4.69) is 21.3 Å². The zero-order chi connectivity index (χ0) is 25.9. The molecule has 1 amide bonds. The van der Waals surface area contributed by atoms with Gasteiger partial charge in [-0.1, -0.05) is 12.2 Å². The van der Waals surface area contributed by atoms with Gasteiger partial charge >= 0.3 is 6.03 Å². The number of hydrogen-bond donors (Lipinski definition) is 1. The van der Waals surface area contributed by atoms with Crippen molar-refractivity contribution in [3.8, 4) is 6.07 Å². The van der Waals surface area contributed by atoms with E-state index in [1.54, 1.807) is 34.9 Å². The number of nitrogens with one attached hydrogen (secondary N) is 1. The Morgan fingerprint density at radius 1 is 1.11 bits per heavy atom. The number of rotatable bonds is 5. The highest BCUT2D eigenvalue weighted by Gasteiger charge is 2.26. The first-order chi connectivity index (χ1) is 17.9. The summed E-state index contributed by atoms with van der Waals surface area (Å²) in [6, 6.07) is 13.3. The largest absolute Gasteiger partial charge is 0.333 e. The fourth-order valence-corrected chi connectivity index (χ4v) is 4.69. The van der Waals surface area contributed by atoms with Crippen molar-refractivity contribution in [2.45, 2.75) is 19.5 Å². The second-order valence-electron chi connectivity index (χ2n) is 8.84. The van der Waals surface area contributed by atoms with Gasteiger partial charge in [-0.25, -0.2) is 18.6 Å². The van der Waals surface area contributed by atoms with Crippen LogP contribution in [0.5, 0.6) is 0 Å². The Kier molecular flexibility index (Phi) is 6.75.